The highest BCUT2D eigenvalue weighted by Gasteiger charge is 2.76. The summed E-state index contributed by atoms with van der Waals surface area (Å²) in [7, 11) is 0. The molecule has 9 heteroatoms. The Morgan fingerprint density at radius 2 is 2.00 bits per heavy atom. The van der Waals surface area contributed by atoms with Crippen molar-refractivity contribution < 1.29 is 24.2 Å². The van der Waals surface area contributed by atoms with Crippen molar-refractivity contribution in [1.29, 1.82) is 0 Å². The minimum absolute atomic E-state index is 0.00800. The van der Waals surface area contributed by atoms with E-state index < -0.39 is 22.6 Å². The lowest BCUT2D eigenvalue weighted by molar-refractivity contribution is -0.154. The van der Waals surface area contributed by atoms with Gasteiger partial charge in [0, 0.05) is 35.7 Å². The van der Waals surface area contributed by atoms with Crippen molar-refractivity contribution in [3.05, 3.63) is 54.6 Å². The lowest BCUT2D eigenvalue weighted by Gasteiger charge is -2.40. The number of likely N-dealkylation sites (tertiary alicyclic amines) is 1. The molecular weight excluding hydrogens is 512 g/mol. The number of aliphatic hydroxyl groups is 1. The van der Waals surface area contributed by atoms with E-state index in [1.165, 1.54) is 0 Å². The normalized spacial score (nSPS) is 29.8. The predicted octanol–water partition coefficient (Wildman–Crippen LogP) is 4.09. The zero-order valence-corrected chi connectivity index (χ0v) is 22.8. The predicted molar refractivity (Wildman–Crippen MR) is 146 cm³/mol. The number of thioether (sulfide) groups is 1. The number of unbranched alkanes of at least 4 members (excludes halogenated alkanes) is 1. The maximum Gasteiger partial charge on any atom is 0.310 e. The van der Waals surface area contributed by atoms with Gasteiger partial charge in [0.15, 0.2) is 0 Å². The number of benzene rings is 1. The van der Waals surface area contributed by atoms with Crippen molar-refractivity contribution in [3.63, 3.8) is 0 Å². The van der Waals surface area contributed by atoms with Gasteiger partial charge < -0.3 is 19.6 Å². The molecule has 2 bridgehead atoms. The van der Waals surface area contributed by atoms with Gasteiger partial charge in [-0.2, -0.15) is 0 Å². The van der Waals surface area contributed by atoms with Gasteiger partial charge in [-0.05, 0) is 55.9 Å². The molecule has 3 unspecified atom stereocenters. The Hall–Kier alpha value is -2.29. The fourth-order valence-electron chi connectivity index (χ4n) is 6.26. The number of amides is 2. The molecule has 4 rings (SSSR count). The third-order valence-corrected chi connectivity index (χ3v) is 10.2. The zero-order chi connectivity index (χ0) is 26.7. The van der Waals surface area contributed by atoms with Crippen molar-refractivity contribution in [2.75, 3.05) is 31.2 Å². The van der Waals surface area contributed by atoms with E-state index in [0.717, 1.165) is 6.42 Å². The largest absolute Gasteiger partial charge is 0.465 e. The number of hydrogen-bond acceptors (Lipinski definition) is 6. The Morgan fingerprint density at radius 1 is 1.27 bits per heavy atom. The second-order valence-corrected chi connectivity index (χ2v) is 12.0. The van der Waals surface area contributed by atoms with Crippen LogP contribution in [0.3, 0.4) is 0 Å². The van der Waals surface area contributed by atoms with E-state index in [-0.39, 0.29) is 48.7 Å². The van der Waals surface area contributed by atoms with Crippen LogP contribution in [0, 0.1) is 17.8 Å². The lowest BCUT2D eigenvalue weighted by Crippen LogP contribution is -2.57. The second kappa shape index (κ2) is 11.6. The number of fused-ring (bicyclic) bond motifs is 1. The number of anilines is 1. The van der Waals surface area contributed by atoms with E-state index in [2.05, 4.69) is 20.1 Å². The SMILES string of the molecule is C=CCCOC(=O)[C@@H]1[C@@H]2CC(C)C3(S2)C(C(=O)N(CC=C)c2ccc(Cl)cc2)N(CCCCO)C(=O)[C@H]13. The molecule has 0 aromatic heterocycles. The molecule has 0 radical (unpaired) electrons. The Balaban J connectivity index is 1.74. The highest BCUT2D eigenvalue weighted by atomic mass is 35.5. The molecule has 3 aliphatic heterocycles. The van der Waals surface area contributed by atoms with Crippen LogP contribution in [0.1, 0.15) is 32.6 Å². The molecule has 0 aliphatic carbocycles. The molecule has 1 aromatic carbocycles. The number of rotatable bonds is 12. The number of esters is 1. The molecule has 6 atom stereocenters. The molecule has 7 nitrogen and oxygen atoms in total. The number of carbonyl (C=O) groups excluding carboxylic acids is 3. The Kier molecular flexibility index (Phi) is 8.71. The maximum atomic E-state index is 14.4. The van der Waals surface area contributed by atoms with Crippen LogP contribution >= 0.6 is 23.4 Å². The second-order valence-electron chi connectivity index (χ2n) is 9.97. The van der Waals surface area contributed by atoms with Gasteiger partial charge in [-0.25, -0.2) is 0 Å². The van der Waals surface area contributed by atoms with Gasteiger partial charge in [0.05, 0.1) is 23.2 Å². The third-order valence-electron chi connectivity index (χ3n) is 7.84. The van der Waals surface area contributed by atoms with Crippen LogP contribution in [0.4, 0.5) is 5.69 Å². The van der Waals surface area contributed by atoms with Gasteiger partial charge in [-0.1, -0.05) is 30.7 Å². The summed E-state index contributed by atoms with van der Waals surface area (Å²) in [4.78, 5) is 45.0. The van der Waals surface area contributed by atoms with Gasteiger partial charge >= 0.3 is 5.97 Å². The first-order chi connectivity index (χ1) is 17.8. The molecule has 2 amide bonds. The molecule has 200 valence electrons. The Labute approximate surface area is 227 Å². The van der Waals surface area contributed by atoms with Gasteiger partial charge in [-0.15, -0.1) is 24.9 Å². The van der Waals surface area contributed by atoms with Crippen molar-refractivity contribution in [2.24, 2.45) is 17.8 Å². The summed E-state index contributed by atoms with van der Waals surface area (Å²) in [5.74, 6) is -1.88. The van der Waals surface area contributed by atoms with E-state index in [4.69, 9.17) is 16.3 Å². The summed E-state index contributed by atoms with van der Waals surface area (Å²) in [5.41, 5.74) is 0.669. The monoisotopic (exact) mass is 546 g/mol. The number of carbonyl (C=O) groups is 3. The van der Waals surface area contributed by atoms with E-state index in [0.29, 0.717) is 36.5 Å². The van der Waals surface area contributed by atoms with Crippen molar-refractivity contribution >= 4 is 46.8 Å². The average molecular weight is 547 g/mol. The van der Waals surface area contributed by atoms with Gasteiger partial charge in [-0.3, -0.25) is 14.4 Å². The molecule has 0 saturated carbocycles. The maximum absolute atomic E-state index is 14.4. The third kappa shape index (κ3) is 4.84. The first kappa shape index (κ1) is 27.7. The minimum atomic E-state index is -0.740. The fourth-order valence-corrected chi connectivity index (χ4v) is 8.79. The number of aliphatic hydroxyl groups excluding tert-OH is 1. The average Bonchev–Trinajstić information content (AvgIpc) is 3.47. The summed E-state index contributed by atoms with van der Waals surface area (Å²) in [6.07, 6.45) is 5.73. The minimum Gasteiger partial charge on any atom is -0.465 e. The number of halogens is 1. The number of nitrogens with zero attached hydrogens (tertiary/aromatic N) is 2. The van der Waals surface area contributed by atoms with Crippen LogP contribution in [-0.4, -0.2) is 70.1 Å². The molecule has 3 heterocycles. The van der Waals surface area contributed by atoms with Crippen LogP contribution in [0.15, 0.2) is 49.6 Å². The topological polar surface area (TPSA) is 87.2 Å². The first-order valence-corrected chi connectivity index (χ1v) is 14.1. The van der Waals surface area contributed by atoms with Crippen LogP contribution in [0.5, 0.6) is 0 Å². The highest BCUT2D eigenvalue weighted by molar-refractivity contribution is 8.02. The van der Waals surface area contributed by atoms with Crippen LogP contribution in [-0.2, 0) is 19.1 Å². The smallest absolute Gasteiger partial charge is 0.310 e. The summed E-state index contributed by atoms with van der Waals surface area (Å²) < 4.78 is 4.82. The summed E-state index contributed by atoms with van der Waals surface area (Å²) in [6.45, 7) is 10.4. The van der Waals surface area contributed by atoms with Crippen LogP contribution in [0.2, 0.25) is 5.02 Å². The molecule has 1 aromatic rings. The first-order valence-electron chi connectivity index (χ1n) is 12.9. The van der Waals surface area contributed by atoms with Crippen molar-refractivity contribution in [2.45, 2.75) is 48.6 Å². The van der Waals surface area contributed by atoms with Gasteiger partial charge in [0.2, 0.25) is 5.91 Å². The molecule has 37 heavy (non-hydrogen) atoms. The number of ether oxygens (including phenoxy) is 1. The van der Waals surface area contributed by atoms with Crippen molar-refractivity contribution in [1.82, 2.24) is 4.90 Å². The van der Waals surface area contributed by atoms with Gasteiger partial charge in [0.1, 0.15) is 6.04 Å². The summed E-state index contributed by atoms with van der Waals surface area (Å²) in [6, 6.07) is 6.29. The van der Waals surface area contributed by atoms with E-state index >= 15 is 0 Å². The van der Waals surface area contributed by atoms with E-state index in [9.17, 15) is 19.5 Å². The molecule has 3 aliphatic rings. The quantitative estimate of drug-likeness (QED) is 0.241. The fraction of sp³-hybridized carbons (Fsp3) is 0.536. The van der Waals surface area contributed by atoms with Crippen molar-refractivity contribution in [3.8, 4) is 0 Å². The van der Waals surface area contributed by atoms with Crippen LogP contribution < -0.4 is 4.90 Å². The van der Waals surface area contributed by atoms with Gasteiger partial charge in [0.25, 0.3) is 5.91 Å². The molecule has 3 fully saturated rings. The molecule has 3 saturated heterocycles. The summed E-state index contributed by atoms with van der Waals surface area (Å²) >= 11 is 7.72. The lowest BCUT2D eigenvalue weighted by atomic mass is 9.66. The molecule has 1 spiro atoms. The number of hydrogen-bond donors (Lipinski definition) is 1. The van der Waals surface area contributed by atoms with E-state index in [1.54, 1.807) is 58.0 Å². The van der Waals surface area contributed by atoms with Crippen LogP contribution in [0.25, 0.3) is 0 Å². The molecule has 1 N–H and O–H groups in total. The highest BCUT2D eigenvalue weighted by Crippen LogP contribution is 2.68. The molecular formula is C28H35ClN2O5S. The summed E-state index contributed by atoms with van der Waals surface area (Å²) in [5, 5.41) is 9.85. The Bertz CT molecular complexity index is 1050. The zero-order valence-electron chi connectivity index (χ0n) is 21.2. The van der Waals surface area contributed by atoms with E-state index in [1.807, 2.05) is 0 Å². The Morgan fingerprint density at radius 3 is 2.65 bits per heavy atom. The standard InChI is InChI=1S/C28H35ClN2O5S/c1-4-6-16-36-27(35)22-21-17-18(3)28(37-21)23(22)25(33)31(14-7-8-15-32)24(28)26(34)30(13-5-2)20-11-9-19(29)10-12-20/h4-5,9-12,18,21-24,32H,1-2,6-8,13-17H2,3H3/t18?,21-,22+,23-,24?,28?/m0/s1.